The SMILES string of the molecule is CC(C)(C)[C@H](NC(=O)[C@H](CCCN=C(N)N)NC(=O)[C@@H]1CSCc2cccc(c2)CC(=O)N[C@@H](CCC(=O)O)C(=O)N2CCC[C@H]2C(=O)NC(C2CCCCC2)C(=O)N1)C(N)=O. The molecule has 12 N–H and O–H groups in total. The first-order valence-electron chi connectivity index (χ1n) is 21.4. The molecule has 6 atom stereocenters. The van der Waals surface area contributed by atoms with Gasteiger partial charge in [-0.15, -0.1) is 0 Å². The number of carbonyl (C=O) groups excluding carboxylic acids is 7. The van der Waals surface area contributed by atoms with Crippen LogP contribution in [-0.2, 0) is 50.5 Å². The van der Waals surface area contributed by atoms with Crippen molar-refractivity contribution in [2.75, 3.05) is 18.8 Å². The van der Waals surface area contributed by atoms with E-state index in [1.54, 1.807) is 32.9 Å². The summed E-state index contributed by atoms with van der Waals surface area (Å²) in [6.45, 7) is 5.54. The number of carboxylic acids is 1. The number of aliphatic imine (C=N–C) groups is 1. The van der Waals surface area contributed by atoms with E-state index in [1.807, 2.05) is 12.1 Å². The third kappa shape index (κ3) is 14.9. The van der Waals surface area contributed by atoms with Crippen LogP contribution >= 0.6 is 11.8 Å². The van der Waals surface area contributed by atoms with Gasteiger partial charge in [-0.25, -0.2) is 0 Å². The number of aliphatic carboxylic acids is 1. The average Bonchev–Trinajstić information content (AvgIpc) is 3.70. The minimum Gasteiger partial charge on any atom is -0.481 e. The molecule has 2 bridgehead atoms. The van der Waals surface area contributed by atoms with Crippen LogP contribution in [0.1, 0.15) is 103 Å². The number of thioether (sulfide) groups is 1. The number of nitrogens with one attached hydrogen (secondary N) is 5. The number of fused-ring (bicyclic) bond motifs is 3. The van der Waals surface area contributed by atoms with E-state index < -0.39 is 89.0 Å². The van der Waals surface area contributed by atoms with Crippen LogP contribution in [0.25, 0.3) is 0 Å². The molecule has 4 rings (SSSR count). The maximum absolute atomic E-state index is 14.5. The number of nitrogens with zero attached hydrogens (tertiary/aromatic N) is 2. The lowest BCUT2D eigenvalue weighted by atomic mass is 9.83. The minimum atomic E-state index is -1.21. The second-order valence-electron chi connectivity index (χ2n) is 17.4. The summed E-state index contributed by atoms with van der Waals surface area (Å²) in [6.07, 6.45) is 4.25. The Bertz CT molecular complexity index is 1830. The third-order valence-corrected chi connectivity index (χ3v) is 12.5. The van der Waals surface area contributed by atoms with Gasteiger partial charge in [-0.05, 0) is 67.4 Å². The number of hydrogen-bond acceptors (Lipinski definition) is 10. The van der Waals surface area contributed by atoms with E-state index in [-0.39, 0.29) is 69.2 Å². The zero-order valence-corrected chi connectivity index (χ0v) is 36.7. The molecule has 1 aliphatic carbocycles. The number of carbonyl (C=O) groups is 8. The zero-order chi connectivity index (χ0) is 45.6. The summed E-state index contributed by atoms with van der Waals surface area (Å²) in [6, 6.07) is 0.406. The molecule has 19 nitrogen and oxygen atoms in total. The van der Waals surface area contributed by atoms with Crippen LogP contribution < -0.4 is 43.8 Å². The molecule has 0 aromatic heterocycles. The highest BCUT2D eigenvalue weighted by atomic mass is 32.2. The number of rotatable bonds is 13. The Labute approximate surface area is 366 Å². The molecule has 0 spiro atoms. The molecule has 1 aromatic carbocycles. The van der Waals surface area contributed by atoms with Crippen molar-refractivity contribution in [1.29, 1.82) is 0 Å². The Hall–Kier alpha value is -5.40. The number of guanidine groups is 1. The summed E-state index contributed by atoms with van der Waals surface area (Å²) in [4.78, 5) is 114. The fourth-order valence-electron chi connectivity index (χ4n) is 8.14. The predicted octanol–water partition coefficient (Wildman–Crippen LogP) is -0.0790. The average molecular weight is 885 g/mol. The molecule has 2 heterocycles. The maximum Gasteiger partial charge on any atom is 0.303 e. The van der Waals surface area contributed by atoms with E-state index in [4.69, 9.17) is 17.2 Å². The zero-order valence-electron chi connectivity index (χ0n) is 35.9. The maximum atomic E-state index is 14.5. The summed E-state index contributed by atoms with van der Waals surface area (Å²) in [7, 11) is 0. The standard InChI is InChI=1S/C42H64N10O9S/c1-42(2,3)34(35(43)56)51-36(57)27(14-8-18-46-41(44)45)48-37(58)29-23-62-22-25-11-7-10-24(20-25)21-31(53)47-28(16-17-32(54)55)40(61)52-19-9-15-30(52)38(59)50-33(39(60)49-29)26-12-5-4-6-13-26/h7,10-11,20,26-30,33-34H,4-6,8-9,12-19,21-23H2,1-3H3,(H2,43,56)(H,47,53)(H,48,58)(H,49,60)(H,50,59)(H,51,57)(H,54,55)(H4,44,45,46)/t27-,28-,29-,30-,33?,34+/m0/s1. The predicted molar refractivity (Wildman–Crippen MR) is 233 cm³/mol. The molecule has 1 saturated carbocycles. The summed E-state index contributed by atoms with van der Waals surface area (Å²) in [5.41, 5.74) is 17.3. The third-order valence-electron chi connectivity index (χ3n) is 11.4. The second-order valence-corrected chi connectivity index (χ2v) is 18.4. The van der Waals surface area contributed by atoms with E-state index in [0.29, 0.717) is 30.6 Å². The lowest BCUT2D eigenvalue weighted by Gasteiger charge is -2.34. The van der Waals surface area contributed by atoms with E-state index in [1.165, 1.54) is 16.7 Å². The van der Waals surface area contributed by atoms with Crippen LogP contribution in [0.5, 0.6) is 0 Å². The first kappa shape index (κ1) is 49.3. The van der Waals surface area contributed by atoms with Gasteiger partial charge in [0.25, 0.3) is 0 Å². The Morgan fingerprint density at radius 1 is 0.935 bits per heavy atom. The van der Waals surface area contributed by atoms with Gasteiger partial charge in [-0.3, -0.25) is 43.3 Å². The Morgan fingerprint density at radius 3 is 2.31 bits per heavy atom. The van der Waals surface area contributed by atoms with Gasteiger partial charge >= 0.3 is 5.97 Å². The molecule has 20 heteroatoms. The van der Waals surface area contributed by atoms with Crippen LogP contribution in [-0.4, -0.2) is 118 Å². The van der Waals surface area contributed by atoms with E-state index in [0.717, 1.165) is 24.8 Å². The van der Waals surface area contributed by atoms with E-state index in [2.05, 4.69) is 31.6 Å². The van der Waals surface area contributed by atoms with Crippen LogP contribution in [0.4, 0.5) is 0 Å². The van der Waals surface area contributed by atoms with Gasteiger partial charge in [0.05, 0.1) is 6.42 Å². The molecule has 0 radical (unpaired) electrons. The summed E-state index contributed by atoms with van der Waals surface area (Å²) < 4.78 is 0. The number of benzene rings is 1. The second kappa shape index (κ2) is 23.2. The number of primary amides is 1. The van der Waals surface area contributed by atoms with Crippen LogP contribution in [0, 0.1) is 11.3 Å². The smallest absolute Gasteiger partial charge is 0.303 e. The molecule has 3 aliphatic rings. The Kier molecular flexibility index (Phi) is 18.4. The van der Waals surface area contributed by atoms with Crippen molar-refractivity contribution in [2.45, 2.75) is 140 Å². The van der Waals surface area contributed by atoms with Crippen molar-refractivity contribution in [3.63, 3.8) is 0 Å². The highest BCUT2D eigenvalue weighted by molar-refractivity contribution is 7.98. The summed E-state index contributed by atoms with van der Waals surface area (Å²) >= 11 is 1.32. The fraction of sp³-hybridized carbons (Fsp3) is 0.643. The molecule has 1 saturated heterocycles. The van der Waals surface area contributed by atoms with Crippen molar-refractivity contribution in [1.82, 2.24) is 31.5 Å². The molecular weight excluding hydrogens is 821 g/mol. The van der Waals surface area contributed by atoms with E-state index >= 15 is 0 Å². The summed E-state index contributed by atoms with van der Waals surface area (Å²) in [5, 5.41) is 23.4. The molecule has 7 amide bonds. The molecule has 1 unspecified atom stereocenters. The van der Waals surface area contributed by atoms with Gasteiger partial charge in [0.2, 0.25) is 41.4 Å². The number of nitrogens with two attached hydrogens (primary N) is 3. The molecule has 2 aliphatic heterocycles. The Balaban J connectivity index is 1.70. The lowest BCUT2D eigenvalue weighted by Crippen LogP contribution is -2.61. The number of hydrogen-bond donors (Lipinski definition) is 9. The monoisotopic (exact) mass is 884 g/mol. The van der Waals surface area contributed by atoms with Crippen LogP contribution in [0.2, 0.25) is 0 Å². The summed E-state index contributed by atoms with van der Waals surface area (Å²) in [5.74, 6) is -5.58. The molecular formula is C42H64N10O9S. The van der Waals surface area contributed by atoms with Gasteiger partial charge in [0.15, 0.2) is 5.96 Å². The molecule has 342 valence electrons. The van der Waals surface area contributed by atoms with Crippen molar-refractivity contribution < 1.29 is 43.5 Å². The largest absolute Gasteiger partial charge is 0.481 e. The highest BCUT2D eigenvalue weighted by Crippen LogP contribution is 2.28. The van der Waals surface area contributed by atoms with Gasteiger partial charge in [-0.2, -0.15) is 11.8 Å². The minimum absolute atomic E-state index is 0.0397. The fourth-order valence-corrected chi connectivity index (χ4v) is 9.15. The van der Waals surface area contributed by atoms with E-state index in [9.17, 15) is 43.5 Å². The number of amides is 7. The lowest BCUT2D eigenvalue weighted by molar-refractivity contribution is -0.143. The molecule has 2 fully saturated rings. The normalized spacial score (nSPS) is 23.1. The van der Waals surface area contributed by atoms with Crippen molar-refractivity contribution in [2.24, 2.45) is 33.5 Å². The van der Waals surface area contributed by atoms with Crippen molar-refractivity contribution in [3.8, 4) is 0 Å². The molecule has 1 aromatic rings. The molecule has 62 heavy (non-hydrogen) atoms. The highest BCUT2D eigenvalue weighted by Gasteiger charge is 2.41. The quantitative estimate of drug-likeness (QED) is 0.0714. The van der Waals surface area contributed by atoms with Crippen molar-refractivity contribution in [3.05, 3.63) is 35.4 Å². The first-order chi connectivity index (χ1) is 29.3. The topological polar surface area (TPSA) is 311 Å². The van der Waals surface area contributed by atoms with Crippen LogP contribution in [0.15, 0.2) is 29.3 Å². The van der Waals surface area contributed by atoms with Gasteiger partial charge < -0.3 is 53.8 Å². The van der Waals surface area contributed by atoms with Gasteiger partial charge in [-0.1, -0.05) is 64.3 Å². The Morgan fingerprint density at radius 2 is 1.65 bits per heavy atom. The van der Waals surface area contributed by atoms with Gasteiger partial charge in [0.1, 0.15) is 36.3 Å². The van der Waals surface area contributed by atoms with Crippen LogP contribution in [0.3, 0.4) is 0 Å². The first-order valence-corrected chi connectivity index (χ1v) is 22.5. The van der Waals surface area contributed by atoms with Crippen molar-refractivity contribution >= 4 is 65.0 Å². The van der Waals surface area contributed by atoms with Gasteiger partial charge in [0, 0.05) is 31.0 Å². The number of carboxylic acid groups (broad SMARTS) is 1.